The van der Waals surface area contributed by atoms with Crippen LogP contribution in [0.2, 0.25) is 0 Å². The Kier molecular flexibility index (Phi) is 2.45. The monoisotopic (exact) mass is 250 g/mol. The molecule has 2 aromatic rings. The summed E-state index contributed by atoms with van der Waals surface area (Å²) in [5.74, 6) is -0.326. The first-order valence-corrected chi connectivity index (χ1v) is 6.11. The lowest BCUT2D eigenvalue weighted by Gasteiger charge is -2.23. The van der Waals surface area contributed by atoms with Gasteiger partial charge in [0.25, 0.3) is 0 Å². The van der Waals surface area contributed by atoms with Crippen molar-refractivity contribution in [3.05, 3.63) is 40.1 Å². The molecule has 0 radical (unpaired) electrons. The zero-order valence-corrected chi connectivity index (χ0v) is 9.68. The minimum Gasteiger partial charge on any atom is -0.476 e. The molecule has 5 nitrogen and oxygen atoms in total. The van der Waals surface area contributed by atoms with Gasteiger partial charge in [-0.3, -0.25) is 0 Å². The van der Waals surface area contributed by atoms with Crippen LogP contribution in [0.15, 0.2) is 23.0 Å². The summed E-state index contributed by atoms with van der Waals surface area (Å²) in [5.41, 5.74) is 1.21. The van der Waals surface area contributed by atoms with Crippen LogP contribution in [-0.2, 0) is 17.9 Å². The standard InChI is InChI=1S/C11H10N2O3S/c14-11(15)8-3-13-4-9(7-1-2-17-6-7)16-5-10(13)12-8/h1-3,6,9H,4-5H2,(H,14,15)/t9-/m0/s1. The SMILES string of the molecule is O=C(O)c1cn2c(n1)CO[C@H](c1ccsc1)C2. The van der Waals surface area contributed by atoms with Crippen LogP contribution >= 0.6 is 11.3 Å². The molecule has 0 unspecified atom stereocenters. The minimum atomic E-state index is -1.00. The number of hydrogen-bond acceptors (Lipinski definition) is 4. The van der Waals surface area contributed by atoms with Crippen LogP contribution in [0.5, 0.6) is 0 Å². The Morgan fingerprint density at radius 2 is 2.53 bits per heavy atom. The van der Waals surface area contributed by atoms with E-state index in [0.29, 0.717) is 19.0 Å². The fourth-order valence-corrected chi connectivity index (χ4v) is 2.60. The van der Waals surface area contributed by atoms with E-state index in [9.17, 15) is 4.79 Å². The fourth-order valence-electron chi connectivity index (χ4n) is 1.90. The average Bonchev–Trinajstić information content (AvgIpc) is 2.97. The van der Waals surface area contributed by atoms with E-state index in [4.69, 9.17) is 9.84 Å². The van der Waals surface area contributed by atoms with Crippen LogP contribution in [0, 0.1) is 0 Å². The predicted molar refractivity (Wildman–Crippen MR) is 61.0 cm³/mol. The predicted octanol–water partition coefficient (Wildman–Crippen LogP) is 1.91. The van der Waals surface area contributed by atoms with E-state index in [2.05, 4.69) is 4.98 Å². The van der Waals surface area contributed by atoms with Gasteiger partial charge < -0.3 is 14.4 Å². The summed E-state index contributed by atoms with van der Waals surface area (Å²) in [7, 11) is 0. The maximum absolute atomic E-state index is 10.8. The normalized spacial score (nSPS) is 18.9. The number of ether oxygens (including phenoxy) is 1. The van der Waals surface area contributed by atoms with Gasteiger partial charge in [-0.05, 0) is 22.4 Å². The maximum Gasteiger partial charge on any atom is 0.356 e. The van der Waals surface area contributed by atoms with E-state index >= 15 is 0 Å². The molecule has 3 heterocycles. The van der Waals surface area contributed by atoms with Gasteiger partial charge in [-0.15, -0.1) is 0 Å². The van der Waals surface area contributed by atoms with E-state index in [1.54, 1.807) is 17.5 Å². The molecular weight excluding hydrogens is 240 g/mol. The number of aromatic carboxylic acids is 1. The van der Waals surface area contributed by atoms with E-state index < -0.39 is 5.97 Å². The molecule has 0 aromatic carbocycles. The van der Waals surface area contributed by atoms with E-state index in [1.807, 2.05) is 21.4 Å². The van der Waals surface area contributed by atoms with E-state index in [1.165, 1.54) is 0 Å². The van der Waals surface area contributed by atoms with Crippen LogP contribution in [-0.4, -0.2) is 20.6 Å². The first-order chi connectivity index (χ1) is 8.24. The summed E-state index contributed by atoms with van der Waals surface area (Å²) in [6.45, 7) is 0.972. The van der Waals surface area contributed by atoms with E-state index in [0.717, 1.165) is 5.56 Å². The van der Waals surface area contributed by atoms with Crippen molar-refractivity contribution in [2.24, 2.45) is 0 Å². The molecule has 1 aliphatic heterocycles. The summed E-state index contributed by atoms with van der Waals surface area (Å²) in [5, 5.41) is 12.9. The Morgan fingerprint density at radius 3 is 3.24 bits per heavy atom. The highest BCUT2D eigenvalue weighted by Gasteiger charge is 2.23. The number of carbonyl (C=O) groups is 1. The third kappa shape index (κ3) is 1.85. The highest BCUT2D eigenvalue weighted by molar-refractivity contribution is 7.07. The van der Waals surface area contributed by atoms with Crippen LogP contribution in [0.4, 0.5) is 0 Å². The van der Waals surface area contributed by atoms with Crippen molar-refractivity contribution in [3.8, 4) is 0 Å². The molecule has 0 amide bonds. The van der Waals surface area contributed by atoms with Gasteiger partial charge in [0.05, 0.1) is 6.54 Å². The number of aromatic nitrogens is 2. The van der Waals surface area contributed by atoms with Crippen molar-refractivity contribution < 1.29 is 14.6 Å². The van der Waals surface area contributed by atoms with Gasteiger partial charge >= 0.3 is 5.97 Å². The number of carboxylic acids is 1. The lowest BCUT2D eigenvalue weighted by Crippen LogP contribution is -2.20. The van der Waals surface area contributed by atoms with Gasteiger partial charge in [-0.25, -0.2) is 9.78 Å². The Balaban J connectivity index is 1.88. The third-order valence-corrected chi connectivity index (χ3v) is 3.47. The molecule has 1 aliphatic rings. The first kappa shape index (κ1) is 10.5. The lowest BCUT2D eigenvalue weighted by molar-refractivity contribution is 0.000736. The number of nitrogens with zero attached hydrogens (tertiary/aromatic N) is 2. The smallest absolute Gasteiger partial charge is 0.356 e. The van der Waals surface area contributed by atoms with Gasteiger partial charge in [0.1, 0.15) is 18.5 Å². The van der Waals surface area contributed by atoms with Crippen LogP contribution in [0.3, 0.4) is 0 Å². The quantitative estimate of drug-likeness (QED) is 0.884. The molecule has 0 spiro atoms. The van der Waals surface area contributed by atoms with Crippen LogP contribution in [0.25, 0.3) is 0 Å². The molecule has 2 aromatic heterocycles. The Hall–Kier alpha value is -1.66. The highest BCUT2D eigenvalue weighted by Crippen LogP contribution is 2.27. The molecule has 1 atom stereocenters. The molecule has 0 fully saturated rings. The highest BCUT2D eigenvalue weighted by atomic mass is 32.1. The zero-order valence-electron chi connectivity index (χ0n) is 8.87. The average molecular weight is 250 g/mol. The molecule has 6 heteroatoms. The van der Waals surface area contributed by atoms with Gasteiger partial charge in [-0.2, -0.15) is 11.3 Å². The first-order valence-electron chi connectivity index (χ1n) is 5.17. The Bertz CT molecular complexity index is 547. The second kappa shape index (κ2) is 3.97. The second-order valence-corrected chi connectivity index (χ2v) is 4.64. The second-order valence-electron chi connectivity index (χ2n) is 3.86. The van der Waals surface area contributed by atoms with Crippen molar-refractivity contribution in [3.63, 3.8) is 0 Å². The molecule has 0 aliphatic carbocycles. The molecular formula is C11H10N2O3S. The number of carboxylic acid groups (broad SMARTS) is 1. The Labute approximate surface area is 101 Å². The van der Waals surface area contributed by atoms with Crippen LogP contribution < -0.4 is 0 Å². The number of imidazole rings is 1. The summed E-state index contributed by atoms with van der Waals surface area (Å²) in [4.78, 5) is 14.8. The van der Waals surface area contributed by atoms with Crippen LogP contribution in [0.1, 0.15) is 28.0 Å². The van der Waals surface area contributed by atoms with E-state index in [-0.39, 0.29) is 11.8 Å². The fraction of sp³-hybridized carbons (Fsp3) is 0.273. The third-order valence-electron chi connectivity index (χ3n) is 2.77. The van der Waals surface area contributed by atoms with Gasteiger partial charge in [0.2, 0.25) is 0 Å². The largest absolute Gasteiger partial charge is 0.476 e. The van der Waals surface area contributed by atoms with Crippen molar-refractivity contribution in [2.75, 3.05) is 0 Å². The number of thiophene rings is 1. The number of hydrogen-bond donors (Lipinski definition) is 1. The zero-order chi connectivity index (χ0) is 11.8. The number of fused-ring (bicyclic) bond motifs is 1. The summed E-state index contributed by atoms with van der Waals surface area (Å²) >= 11 is 1.63. The molecule has 0 saturated heterocycles. The topological polar surface area (TPSA) is 64.3 Å². The number of rotatable bonds is 2. The summed E-state index contributed by atoms with van der Waals surface area (Å²) in [6.07, 6.45) is 1.56. The van der Waals surface area contributed by atoms with Crippen molar-refractivity contribution >= 4 is 17.3 Å². The van der Waals surface area contributed by atoms with Crippen molar-refractivity contribution in [1.29, 1.82) is 0 Å². The molecule has 3 rings (SSSR count). The Morgan fingerprint density at radius 1 is 1.65 bits per heavy atom. The lowest BCUT2D eigenvalue weighted by atomic mass is 10.2. The van der Waals surface area contributed by atoms with Crippen molar-refractivity contribution in [1.82, 2.24) is 9.55 Å². The molecule has 0 bridgehead atoms. The van der Waals surface area contributed by atoms with Gasteiger partial charge in [-0.1, -0.05) is 0 Å². The minimum absolute atomic E-state index is 0.00963. The summed E-state index contributed by atoms with van der Waals surface area (Å²) in [6, 6.07) is 2.02. The molecule has 17 heavy (non-hydrogen) atoms. The molecule has 1 N–H and O–H groups in total. The van der Waals surface area contributed by atoms with Crippen molar-refractivity contribution in [2.45, 2.75) is 19.3 Å². The van der Waals surface area contributed by atoms with Gasteiger partial charge in [0, 0.05) is 6.20 Å². The molecule has 0 saturated carbocycles. The molecule has 88 valence electrons. The van der Waals surface area contributed by atoms with Gasteiger partial charge in [0.15, 0.2) is 5.69 Å². The summed E-state index contributed by atoms with van der Waals surface area (Å²) < 4.78 is 7.53. The maximum atomic E-state index is 10.8.